The van der Waals surface area contributed by atoms with Gasteiger partial charge in [0.05, 0.1) is 11.1 Å². The number of nitrogens with zero attached hydrogens (tertiary/aromatic N) is 4. The molecule has 2 rings (SSSR count). The third kappa shape index (κ3) is 3.33. The Morgan fingerprint density at radius 1 is 1.64 bits per heavy atom. The fraction of sp³-hybridized carbons (Fsp3) is 0.0833. The highest BCUT2D eigenvalue weighted by Gasteiger charge is 2.12. The largest absolute Gasteiger partial charge is 0.507 e. The molecule has 0 saturated carbocycles. The van der Waals surface area contributed by atoms with E-state index in [1.165, 1.54) is 36.2 Å². The monoisotopic (exact) mass is 335 g/mol. The predicted molar refractivity (Wildman–Crippen MR) is 84.6 cm³/mol. The summed E-state index contributed by atoms with van der Waals surface area (Å²) in [5, 5.41) is 34.4. The number of anilines is 1. The molecule has 8 nitrogen and oxygen atoms in total. The average molecular weight is 335 g/mol. The van der Waals surface area contributed by atoms with Crippen LogP contribution < -0.4 is 5.43 Å². The van der Waals surface area contributed by atoms with Gasteiger partial charge in [-0.3, -0.25) is 15.5 Å². The molecule has 0 fully saturated rings. The van der Waals surface area contributed by atoms with E-state index in [9.17, 15) is 15.2 Å². The number of aromatic nitrogens is 1. The van der Waals surface area contributed by atoms with Gasteiger partial charge in [0.1, 0.15) is 27.4 Å². The van der Waals surface area contributed by atoms with Gasteiger partial charge >= 0.3 is 0 Å². The Kier molecular flexibility index (Phi) is 4.92. The summed E-state index contributed by atoms with van der Waals surface area (Å²) in [6.45, 7) is 0. The summed E-state index contributed by atoms with van der Waals surface area (Å²) in [7, 11) is 0. The van der Waals surface area contributed by atoms with Crippen molar-refractivity contribution >= 4 is 40.2 Å². The van der Waals surface area contributed by atoms with Crippen molar-refractivity contribution in [3.63, 3.8) is 0 Å². The van der Waals surface area contributed by atoms with E-state index in [-0.39, 0.29) is 17.0 Å². The van der Waals surface area contributed by atoms with Crippen LogP contribution in [0, 0.1) is 21.4 Å². The molecule has 1 aromatic heterocycles. The number of nitro benzene ring substituents is 1. The molecule has 0 spiro atoms. The lowest BCUT2D eigenvalue weighted by molar-refractivity contribution is -0.384. The van der Waals surface area contributed by atoms with Gasteiger partial charge in [-0.15, -0.1) is 11.8 Å². The van der Waals surface area contributed by atoms with Crippen LogP contribution in [0.2, 0.25) is 0 Å². The number of hydrogen-bond donors (Lipinski definition) is 2. The van der Waals surface area contributed by atoms with Crippen molar-refractivity contribution in [1.82, 2.24) is 4.37 Å². The molecular formula is C12H9N5O3S2. The second kappa shape index (κ2) is 6.88. The van der Waals surface area contributed by atoms with Gasteiger partial charge < -0.3 is 5.11 Å². The minimum atomic E-state index is -0.564. The standard InChI is InChI=1S/C12H9N5O3S2/c1-21-12-9(5-13)11(22-16-12)15-14-6-7-4-8(17(19)20)2-3-10(7)18/h2-4,6,15,18H,1H3. The van der Waals surface area contributed by atoms with Gasteiger partial charge in [0.25, 0.3) is 5.69 Å². The summed E-state index contributed by atoms with van der Waals surface area (Å²) >= 11 is 2.43. The van der Waals surface area contributed by atoms with Crippen LogP contribution in [0.3, 0.4) is 0 Å². The number of benzene rings is 1. The van der Waals surface area contributed by atoms with Gasteiger partial charge in [0, 0.05) is 17.7 Å². The molecule has 0 aliphatic heterocycles. The van der Waals surface area contributed by atoms with Crippen LogP contribution in [-0.4, -0.2) is 26.9 Å². The highest BCUT2D eigenvalue weighted by Crippen LogP contribution is 2.29. The SMILES string of the molecule is CSc1nsc(NN=Cc2cc([N+](=O)[O-])ccc2O)c1C#N. The zero-order chi connectivity index (χ0) is 16.1. The molecule has 0 atom stereocenters. The maximum Gasteiger partial charge on any atom is 0.270 e. The quantitative estimate of drug-likeness (QED) is 0.372. The highest BCUT2D eigenvalue weighted by atomic mass is 32.2. The number of rotatable bonds is 5. The number of hydrazone groups is 1. The minimum absolute atomic E-state index is 0.134. The molecule has 112 valence electrons. The molecular weight excluding hydrogens is 326 g/mol. The van der Waals surface area contributed by atoms with Crippen molar-refractivity contribution in [1.29, 1.82) is 5.26 Å². The molecule has 2 aromatic rings. The summed E-state index contributed by atoms with van der Waals surface area (Å²) in [5.41, 5.74) is 3.08. The van der Waals surface area contributed by atoms with Gasteiger partial charge in [-0.1, -0.05) is 0 Å². The minimum Gasteiger partial charge on any atom is -0.507 e. The summed E-state index contributed by atoms with van der Waals surface area (Å²) < 4.78 is 4.09. The lowest BCUT2D eigenvalue weighted by Gasteiger charge is -1.99. The Morgan fingerprint density at radius 2 is 2.41 bits per heavy atom. The van der Waals surface area contributed by atoms with Gasteiger partial charge in [-0.05, 0) is 23.9 Å². The van der Waals surface area contributed by atoms with Crippen LogP contribution in [0.15, 0.2) is 28.3 Å². The first kappa shape index (κ1) is 15.7. The fourth-order valence-corrected chi connectivity index (χ4v) is 2.93. The molecule has 0 aliphatic rings. The predicted octanol–water partition coefficient (Wildman–Crippen LogP) is 2.80. The fourth-order valence-electron chi connectivity index (χ4n) is 1.51. The van der Waals surface area contributed by atoms with Crippen LogP contribution >= 0.6 is 23.3 Å². The van der Waals surface area contributed by atoms with E-state index in [0.29, 0.717) is 15.6 Å². The molecule has 22 heavy (non-hydrogen) atoms. The zero-order valence-electron chi connectivity index (χ0n) is 11.2. The van der Waals surface area contributed by atoms with Crippen LogP contribution in [0.4, 0.5) is 10.7 Å². The highest BCUT2D eigenvalue weighted by molar-refractivity contribution is 7.98. The number of non-ortho nitro benzene ring substituents is 1. The molecule has 0 saturated heterocycles. The summed E-state index contributed by atoms with van der Waals surface area (Å²) in [4.78, 5) is 10.1. The maximum atomic E-state index is 10.7. The van der Waals surface area contributed by atoms with Crippen molar-refractivity contribution in [2.45, 2.75) is 5.03 Å². The number of thioether (sulfide) groups is 1. The summed E-state index contributed by atoms with van der Waals surface area (Å²) in [6, 6.07) is 5.65. The first-order valence-corrected chi connectivity index (χ1v) is 7.77. The molecule has 0 radical (unpaired) electrons. The van der Waals surface area contributed by atoms with Crippen molar-refractivity contribution in [2.24, 2.45) is 5.10 Å². The molecule has 0 unspecified atom stereocenters. The average Bonchev–Trinajstić information content (AvgIpc) is 2.90. The number of aromatic hydroxyl groups is 1. The molecule has 1 aromatic carbocycles. The molecule has 0 aliphatic carbocycles. The van der Waals surface area contributed by atoms with Gasteiger partial charge in [-0.25, -0.2) is 0 Å². The molecule has 2 N–H and O–H groups in total. The van der Waals surface area contributed by atoms with Crippen LogP contribution in [0.1, 0.15) is 11.1 Å². The lowest BCUT2D eigenvalue weighted by atomic mass is 10.2. The van der Waals surface area contributed by atoms with Crippen molar-refractivity contribution in [3.8, 4) is 11.8 Å². The van der Waals surface area contributed by atoms with E-state index in [0.717, 1.165) is 11.5 Å². The summed E-state index contributed by atoms with van der Waals surface area (Å²) in [6.07, 6.45) is 3.05. The molecule has 10 heteroatoms. The summed E-state index contributed by atoms with van der Waals surface area (Å²) in [5.74, 6) is -0.134. The number of nitriles is 1. The molecule has 0 amide bonds. The normalized spacial score (nSPS) is 10.5. The first-order valence-electron chi connectivity index (χ1n) is 5.77. The van der Waals surface area contributed by atoms with Crippen LogP contribution in [-0.2, 0) is 0 Å². The van der Waals surface area contributed by atoms with Crippen LogP contribution in [0.25, 0.3) is 0 Å². The Bertz CT molecular complexity index is 782. The zero-order valence-corrected chi connectivity index (χ0v) is 12.8. The number of nitro groups is 1. The Labute approximate surface area is 133 Å². The number of phenolic OH excluding ortho intramolecular Hbond substituents is 1. The topological polar surface area (TPSA) is 124 Å². The van der Waals surface area contributed by atoms with E-state index in [2.05, 4.69) is 14.9 Å². The van der Waals surface area contributed by atoms with Gasteiger partial charge in [0.2, 0.25) is 0 Å². The number of phenols is 1. The van der Waals surface area contributed by atoms with E-state index >= 15 is 0 Å². The van der Waals surface area contributed by atoms with Crippen molar-refractivity contribution in [2.75, 3.05) is 11.7 Å². The van der Waals surface area contributed by atoms with E-state index in [4.69, 9.17) is 5.26 Å². The van der Waals surface area contributed by atoms with Crippen LogP contribution in [0.5, 0.6) is 5.75 Å². The third-order valence-corrected chi connectivity index (χ3v) is 4.11. The maximum absolute atomic E-state index is 10.7. The number of hydrogen-bond acceptors (Lipinski definition) is 9. The second-order valence-electron chi connectivity index (χ2n) is 3.88. The first-order chi connectivity index (χ1) is 10.6. The van der Waals surface area contributed by atoms with Crippen molar-refractivity contribution < 1.29 is 10.0 Å². The van der Waals surface area contributed by atoms with Crippen molar-refractivity contribution in [3.05, 3.63) is 39.4 Å². The molecule has 0 bridgehead atoms. The smallest absolute Gasteiger partial charge is 0.270 e. The Morgan fingerprint density at radius 3 is 3.05 bits per heavy atom. The third-order valence-electron chi connectivity index (χ3n) is 2.56. The Hall–Kier alpha value is -2.64. The Balaban J connectivity index is 2.20. The van der Waals surface area contributed by atoms with Gasteiger partial charge in [0.15, 0.2) is 0 Å². The number of nitrogens with one attached hydrogen (secondary N) is 1. The van der Waals surface area contributed by atoms with E-state index in [1.807, 2.05) is 12.3 Å². The second-order valence-corrected chi connectivity index (χ2v) is 5.45. The van der Waals surface area contributed by atoms with E-state index in [1.54, 1.807) is 0 Å². The molecule has 1 heterocycles. The van der Waals surface area contributed by atoms with E-state index < -0.39 is 4.92 Å². The lowest BCUT2D eigenvalue weighted by Crippen LogP contribution is -1.93. The van der Waals surface area contributed by atoms with Gasteiger partial charge in [-0.2, -0.15) is 14.7 Å².